The van der Waals surface area contributed by atoms with Crippen LogP contribution in [0, 0.1) is 24.0 Å². The fraction of sp³-hybridized carbons (Fsp3) is 0.250. The number of aryl methyl sites for hydroxylation is 2. The summed E-state index contributed by atoms with van der Waals surface area (Å²) < 4.78 is 1.02. The minimum absolute atomic E-state index is 0.0588. The molecule has 0 fully saturated rings. The van der Waals surface area contributed by atoms with E-state index in [1.165, 1.54) is 17.7 Å². The third-order valence-corrected chi connectivity index (χ3v) is 4.02. The maximum absolute atomic E-state index is 10.7. The predicted octanol–water partition coefficient (Wildman–Crippen LogP) is 5.15. The average Bonchev–Trinajstić information content (AvgIpc) is 2.42. The molecule has 1 atom stereocenters. The summed E-state index contributed by atoms with van der Waals surface area (Å²) in [5.74, 6) is 0. The number of anilines is 1. The van der Waals surface area contributed by atoms with Gasteiger partial charge in [-0.3, -0.25) is 10.1 Å². The van der Waals surface area contributed by atoms with E-state index in [-0.39, 0.29) is 16.7 Å². The molecule has 0 aliphatic heterocycles. The lowest BCUT2D eigenvalue weighted by atomic mass is 10.1. The van der Waals surface area contributed by atoms with Crippen LogP contribution in [0.2, 0.25) is 0 Å². The first kappa shape index (κ1) is 15.5. The van der Waals surface area contributed by atoms with Crippen LogP contribution in [0.5, 0.6) is 0 Å². The van der Waals surface area contributed by atoms with Crippen LogP contribution in [0.15, 0.2) is 40.9 Å². The quantitative estimate of drug-likeness (QED) is 0.614. The number of halogens is 1. The highest BCUT2D eigenvalue weighted by molar-refractivity contribution is 9.10. The zero-order valence-electron chi connectivity index (χ0n) is 12.2. The van der Waals surface area contributed by atoms with Crippen LogP contribution < -0.4 is 5.32 Å². The summed E-state index contributed by atoms with van der Waals surface area (Å²) in [5.41, 5.74) is 4.53. The molecule has 110 valence electrons. The number of benzene rings is 2. The second-order valence-corrected chi connectivity index (χ2v) is 6.01. The normalized spacial score (nSPS) is 12.0. The second-order valence-electron chi connectivity index (χ2n) is 5.15. The highest BCUT2D eigenvalue weighted by atomic mass is 79.9. The van der Waals surface area contributed by atoms with Crippen LogP contribution >= 0.6 is 15.9 Å². The monoisotopic (exact) mass is 348 g/mol. The molecule has 0 heterocycles. The molecule has 5 heteroatoms. The molecule has 2 rings (SSSR count). The smallest absolute Gasteiger partial charge is 0.269 e. The number of non-ortho nitro benzene ring substituents is 1. The molecular formula is C16H17BrN2O2. The highest BCUT2D eigenvalue weighted by Crippen LogP contribution is 2.31. The van der Waals surface area contributed by atoms with Crippen LogP contribution in [0.4, 0.5) is 11.4 Å². The van der Waals surface area contributed by atoms with Crippen LogP contribution in [0.25, 0.3) is 0 Å². The Kier molecular flexibility index (Phi) is 4.63. The van der Waals surface area contributed by atoms with Gasteiger partial charge < -0.3 is 5.32 Å². The van der Waals surface area contributed by atoms with Gasteiger partial charge in [-0.2, -0.15) is 0 Å². The summed E-state index contributed by atoms with van der Waals surface area (Å²) in [4.78, 5) is 10.3. The Hall–Kier alpha value is -1.88. The summed E-state index contributed by atoms with van der Waals surface area (Å²) in [7, 11) is 0. The number of nitro benzene ring substituents is 1. The fourth-order valence-corrected chi connectivity index (χ4v) is 3.07. The third kappa shape index (κ3) is 3.61. The van der Waals surface area contributed by atoms with Crippen LogP contribution in [0.3, 0.4) is 0 Å². The van der Waals surface area contributed by atoms with Crippen LogP contribution in [-0.4, -0.2) is 4.92 Å². The van der Waals surface area contributed by atoms with Gasteiger partial charge in [-0.05, 0) is 59.5 Å². The van der Waals surface area contributed by atoms with Gasteiger partial charge in [0.25, 0.3) is 5.69 Å². The third-order valence-electron chi connectivity index (χ3n) is 3.40. The van der Waals surface area contributed by atoms with E-state index in [2.05, 4.69) is 47.2 Å². The molecule has 0 aromatic heterocycles. The second kappa shape index (κ2) is 6.26. The lowest BCUT2D eigenvalue weighted by molar-refractivity contribution is -0.384. The van der Waals surface area contributed by atoms with E-state index in [1.54, 1.807) is 12.1 Å². The van der Waals surface area contributed by atoms with Crippen molar-refractivity contribution in [3.8, 4) is 0 Å². The molecular weight excluding hydrogens is 332 g/mol. The Morgan fingerprint density at radius 3 is 2.33 bits per heavy atom. The Balaban J connectivity index is 2.22. The molecule has 1 unspecified atom stereocenters. The summed E-state index contributed by atoms with van der Waals surface area (Å²) in [6, 6.07) is 10.9. The largest absolute Gasteiger partial charge is 0.377 e. The summed E-state index contributed by atoms with van der Waals surface area (Å²) in [5, 5.41) is 14.1. The van der Waals surface area contributed by atoms with Gasteiger partial charge in [-0.1, -0.05) is 18.2 Å². The van der Waals surface area contributed by atoms with Crippen molar-refractivity contribution < 1.29 is 4.92 Å². The number of nitrogens with one attached hydrogen (secondary N) is 1. The zero-order chi connectivity index (χ0) is 15.6. The van der Waals surface area contributed by atoms with Crippen LogP contribution in [-0.2, 0) is 0 Å². The van der Waals surface area contributed by atoms with Crippen molar-refractivity contribution in [3.05, 3.63) is 67.7 Å². The summed E-state index contributed by atoms with van der Waals surface area (Å²) in [6.07, 6.45) is 0. The maximum Gasteiger partial charge on any atom is 0.269 e. The molecule has 1 N–H and O–H groups in total. The molecule has 0 saturated carbocycles. The fourth-order valence-electron chi connectivity index (χ4n) is 2.28. The first-order valence-corrected chi connectivity index (χ1v) is 7.45. The van der Waals surface area contributed by atoms with Crippen molar-refractivity contribution in [3.63, 3.8) is 0 Å². The number of hydrogen-bond acceptors (Lipinski definition) is 3. The molecule has 4 nitrogen and oxygen atoms in total. The van der Waals surface area contributed by atoms with Gasteiger partial charge in [-0.15, -0.1) is 0 Å². The summed E-state index contributed by atoms with van der Waals surface area (Å²) in [6.45, 7) is 6.15. The molecule has 0 radical (unpaired) electrons. The molecule has 0 bridgehead atoms. The van der Waals surface area contributed by atoms with Gasteiger partial charge in [0.1, 0.15) is 0 Å². The van der Waals surface area contributed by atoms with Crippen molar-refractivity contribution in [2.45, 2.75) is 26.8 Å². The topological polar surface area (TPSA) is 55.2 Å². The van der Waals surface area contributed by atoms with Crippen molar-refractivity contribution in [2.75, 3.05) is 5.32 Å². The predicted molar refractivity (Wildman–Crippen MR) is 88.8 cm³/mol. The molecule has 2 aromatic rings. The molecule has 0 saturated heterocycles. The molecule has 21 heavy (non-hydrogen) atoms. The van der Waals surface area contributed by atoms with Crippen molar-refractivity contribution in [2.24, 2.45) is 0 Å². The van der Waals surface area contributed by atoms with Gasteiger partial charge in [0.2, 0.25) is 0 Å². The first-order chi connectivity index (χ1) is 9.88. The standard InChI is InChI=1S/C16H17BrN2O2/c1-10-8-11(2)16(15(17)9-10)18-12(3)13-4-6-14(7-5-13)19(20)21/h4-9,12,18H,1-3H3. The molecule has 0 aliphatic rings. The van der Waals surface area contributed by atoms with Gasteiger partial charge in [0.05, 0.1) is 10.6 Å². The van der Waals surface area contributed by atoms with E-state index in [0.29, 0.717) is 0 Å². The molecule has 0 amide bonds. The Labute approximate surface area is 132 Å². The zero-order valence-corrected chi connectivity index (χ0v) is 13.8. The lowest BCUT2D eigenvalue weighted by Crippen LogP contribution is -2.08. The van der Waals surface area contributed by atoms with E-state index in [0.717, 1.165) is 21.3 Å². The Morgan fingerprint density at radius 2 is 1.81 bits per heavy atom. The first-order valence-electron chi connectivity index (χ1n) is 6.66. The van der Waals surface area contributed by atoms with Gasteiger partial charge in [-0.25, -0.2) is 0 Å². The van der Waals surface area contributed by atoms with Crippen molar-refractivity contribution >= 4 is 27.3 Å². The van der Waals surface area contributed by atoms with E-state index in [9.17, 15) is 10.1 Å². The summed E-state index contributed by atoms with van der Waals surface area (Å²) >= 11 is 3.58. The molecule has 0 aliphatic carbocycles. The Morgan fingerprint density at radius 1 is 1.19 bits per heavy atom. The number of nitrogens with zero attached hydrogens (tertiary/aromatic N) is 1. The number of rotatable bonds is 4. The van der Waals surface area contributed by atoms with E-state index in [4.69, 9.17) is 0 Å². The molecule has 2 aromatic carbocycles. The van der Waals surface area contributed by atoms with Crippen LogP contribution in [0.1, 0.15) is 29.7 Å². The maximum atomic E-state index is 10.7. The van der Waals surface area contributed by atoms with Gasteiger partial charge in [0, 0.05) is 22.6 Å². The van der Waals surface area contributed by atoms with Gasteiger partial charge >= 0.3 is 0 Å². The van der Waals surface area contributed by atoms with E-state index >= 15 is 0 Å². The lowest BCUT2D eigenvalue weighted by Gasteiger charge is -2.19. The van der Waals surface area contributed by atoms with Crippen molar-refractivity contribution in [1.82, 2.24) is 0 Å². The highest BCUT2D eigenvalue weighted by Gasteiger charge is 2.12. The number of nitro groups is 1. The van der Waals surface area contributed by atoms with E-state index < -0.39 is 0 Å². The minimum atomic E-state index is -0.386. The number of hydrogen-bond donors (Lipinski definition) is 1. The Bertz CT molecular complexity index is 645. The average molecular weight is 349 g/mol. The minimum Gasteiger partial charge on any atom is -0.377 e. The van der Waals surface area contributed by atoms with Gasteiger partial charge in [0.15, 0.2) is 0 Å². The van der Waals surface area contributed by atoms with E-state index in [1.807, 2.05) is 6.92 Å². The molecule has 0 spiro atoms. The van der Waals surface area contributed by atoms with Crippen molar-refractivity contribution in [1.29, 1.82) is 0 Å². The SMILES string of the molecule is Cc1cc(C)c(NC(C)c2ccc([N+](=O)[O-])cc2)c(Br)c1.